The lowest BCUT2D eigenvalue weighted by Gasteiger charge is -2.25. The number of hydrogen-bond acceptors (Lipinski definition) is 6. The van der Waals surface area contributed by atoms with Crippen molar-refractivity contribution in [3.05, 3.63) is 41.0 Å². The summed E-state index contributed by atoms with van der Waals surface area (Å²) in [6, 6.07) is 3.71. The van der Waals surface area contributed by atoms with E-state index in [9.17, 15) is 23.9 Å². The zero-order valence-electron chi connectivity index (χ0n) is 14.6. The number of piperidine rings is 1. The van der Waals surface area contributed by atoms with Crippen molar-refractivity contribution in [1.29, 1.82) is 0 Å². The highest BCUT2D eigenvalue weighted by atomic mass is 19.1. The quantitative estimate of drug-likeness (QED) is 0.667. The molecule has 2 saturated heterocycles. The van der Waals surface area contributed by atoms with Gasteiger partial charge in [0.2, 0.25) is 0 Å². The Bertz CT molecular complexity index is 843. The van der Waals surface area contributed by atoms with Gasteiger partial charge in [-0.05, 0) is 31.0 Å². The summed E-state index contributed by atoms with van der Waals surface area (Å²) in [4.78, 5) is 36.1. The first-order valence-electron chi connectivity index (χ1n) is 8.78. The van der Waals surface area contributed by atoms with E-state index in [0.29, 0.717) is 25.1 Å². The van der Waals surface area contributed by atoms with E-state index in [1.807, 2.05) is 4.90 Å². The molecule has 0 saturated carbocycles. The molecule has 142 valence electrons. The highest BCUT2D eigenvalue weighted by molar-refractivity contribution is 5.95. The van der Waals surface area contributed by atoms with Gasteiger partial charge in [-0.1, -0.05) is 0 Å². The largest absolute Gasteiger partial charge is 0.396 e. The van der Waals surface area contributed by atoms with Crippen molar-refractivity contribution in [2.45, 2.75) is 25.3 Å². The number of aliphatic hydroxyl groups is 1. The third kappa shape index (κ3) is 4.09. The van der Waals surface area contributed by atoms with Gasteiger partial charge in [0.05, 0.1) is 11.6 Å². The molecule has 1 amide bonds. The van der Waals surface area contributed by atoms with Crippen LogP contribution in [0.15, 0.2) is 29.6 Å². The van der Waals surface area contributed by atoms with Crippen molar-refractivity contribution < 1.29 is 23.9 Å². The second kappa shape index (κ2) is 8.18. The van der Waals surface area contributed by atoms with Crippen molar-refractivity contribution in [3.8, 4) is 0 Å². The fourth-order valence-electron chi connectivity index (χ4n) is 3.40. The molecule has 2 atom stereocenters. The van der Waals surface area contributed by atoms with Crippen LogP contribution in [0.1, 0.15) is 29.6 Å². The van der Waals surface area contributed by atoms with E-state index >= 15 is 0 Å². The number of benzene rings is 1. The fourth-order valence-corrected chi connectivity index (χ4v) is 3.40. The molecule has 0 spiro atoms. The number of rotatable bonds is 4. The highest BCUT2D eigenvalue weighted by Crippen LogP contribution is 2.25. The Kier molecular flexibility index (Phi) is 5.72. The molecule has 8 heteroatoms. The molecule has 2 heterocycles. The number of nitrogens with zero attached hydrogens (tertiary/aromatic N) is 1. The molecular formula is C19H20FN3O4. The highest BCUT2D eigenvalue weighted by Gasteiger charge is 2.27. The minimum atomic E-state index is -0.671. The van der Waals surface area contributed by atoms with Crippen molar-refractivity contribution in [3.63, 3.8) is 0 Å². The van der Waals surface area contributed by atoms with E-state index in [0.717, 1.165) is 13.0 Å². The number of aliphatic hydroxyl groups excluding tert-OH is 1. The second-order valence-electron chi connectivity index (χ2n) is 6.73. The first-order valence-corrected chi connectivity index (χ1v) is 8.78. The predicted octanol–water partition coefficient (Wildman–Crippen LogP) is 0.557. The van der Waals surface area contributed by atoms with Gasteiger partial charge in [0.15, 0.2) is 0 Å². The Morgan fingerprint density at radius 2 is 2.15 bits per heavy atom. The van der Waals surface area contributed by atoms with Gasteiger partial charge >= 0.3 is 0 Å². The molecule has 0 bridgehead atoms. The number of amides is 1. The molecule has 3 rings (SSSR count). The Hall–Kier alpha value is -2.92. The number of allylic oxidation sites excluding steroid dienone is 1. The van der Waals surface area contributed by atoms with E-state index in [1.165, 1.54) is 12.1 Å². The first kappa shape index (κ1) is 18.9. The van der Waals surface area contributed by atoms with Crippen molar-refractivity contribution in [2.75, 3.05) is 24.6 Å². The van der Waals surface area contributed by atoms with Crippen LogP contribution in [0.3, 0.4) is 0 Å². The topological polar surface area (TPSA) is 98.7 Å². The molecule has 2 fully saturated rings. The number of hydrogen-bond donors (Lipinski definition) is 3. The Morgan fingerprint density at radius 1 is 1.33 bits per heavy atom. The molecule has 27 heavy (non-hydrogen) atoms. The molecule has 2 aliphatic heterocycles. The maximum absolute atomic E-state index is 14.5. The Balaban J connectivity index is 1.70. The molecule has 1 unspecified atom stereocenters. The lowest BCUT2D eigenvalue weighted by Crippen LogP contribution is -2.43. The van der Waals surface area contributed by atoms with E-state index in [1.54, 1.807) is 17.9 Å². The van der Waals surface area contributed by atoms with Crippen LogP contribution in [0.25, 0.3) is 0 Å². The standard InChI is InChI=1S/C19H20FN3O4/c20-16-7-14(23-6-5-12(8-23)9-24)2-3-15(16)19(27)22-17-4-1-13(10-25)21-18(17)11-26/h2-3,7,12,17,21,24H,1,4-6,8-9H2,(H,22,27)/t12?,17-/m0/s1. The third-order valence-corrected chi connectivity index (χ3v) is 4.96. The summed E-state index contributed by atoms with van der Waals surface area (Å²) in [7, 11) is 0. The van der Waals surface area contributed by atoms with E-state index in [2.05, 4.69) is 10.6 Å². The maximum atomic E-state index is 14.5. The van der Waals surface area contributed by atoms with Gasteiger partial charge in [-0.25, -0.2) is 14.0 Å². The summed E-state index contributed by atoms with van der Waals surface area (Å²) in [5.41, 5.74) is 0.783. The van der Waals surface area contributed by atoms with Gasteiger partial charge < -0.3 is 20.6 Å². The summed E-state index contributed by atoms with van der Waals surface area (Å²) in [6.45, 7) is 1.47. The van der Waals surface area contributed by atoms with E-state index in [4.69, 9.17) is 0 Å². The van der Waals surface area contributed by atoms with Gasteiger partial charge in [0.1, 0.15) is 29.1 Å². The number of anilines is 1. The van der Waals surface area contributed by atoms with Crippen molar-refractivity contribution >= 4 is 23.5 Å². The van der Waals surface area contributed by atoms with E-state index < -0.39 is 17.8 Å². The van der Waals surface area contributed by atoms with Gasteiger partial charge in [-0.3, -0.25) is 4.79 Å². The van der Waals surface area contributed by atoms with Crippen molar-refractivity contribution in [2.24, 2.45) is 5.92 Å². The minimum absolute atomic E-state index is 0.0251. The first-order chi connectivity index (χ1) is 13.0. The molecule has 0 radical (unpaired) electrons. The predicted molar refractivity (Wildman–Crippen MR) is 95.8 cm³/mol. The minimum Gasteiger partial charge on any atom is -0.396 e. The van der Waals surface area contributed by atoms with Gasteiger partial charge in [-0.15, -0.1) is 0 Å². The lowest BCUT2D eigenvalue weighted by molar-refractivity contribution is 0.0935. The summed E-state index contributed by atoms with van der Waals surface area (Å²) in [6.07, 6.45) is 1.49. The van der Waals surface area contributed by atoms with Gasteiger partial charge in [0, 0.05) is 37.7 Å². The van der Waals surface area contributed by atoms with Gasteiger partial charge in [-0.2, -0.15) is 0 Å². The van der Waals surface area contributed by atoms with Crippen LogP contribution >= 0.6 is 0 Å². The lowest BCUT2D eigenvalue weighted by atomic mass is 10.0. The van der Waals surface area contributed by atoms with Crippen LogP contribution in [0.4, 0.5) is 10.1 Å². The van der Waals surface area contributed by atoms with Crippen molar-refractivity contribution in [1.82, 2.24) is 10.6 Å². The molecule has 1 aromatic rings. The normalized spacial score (nSPS) is 22.1. The molecule has 0 aromatic heterocycles. The van der Waals surface area contributed by atoms with Crippen LogP contribution in [0, 0.1) is 11.7 Å². The smallest absolute Gasteiger partial charge is 0.254 e. The Morgan fingerprint density at radius 3 is 2.78 bits per heavy atom. The van der Waals surface area contributed by atoms with Crippen LogP contribution in [-0.4, -0.2) is 48.6 Å². The van der Waals surface area contributed by atoms with Crippen LogP contribution in [0.2, 0.25) is 0 Å². The van der Waals surface area contributed by atoms with Crippen LogP contribution in [0.5, 0.6) is 0 Å². The van der Waals surface area contributed by atoms with Crippen LogP contribution in [-0.2, 0) is 9.59 Å². The van der Waals surface area contributed by atoms with Crippen LogP contribution < -0.4 is 15.5 Å². The molecule has 0 aliphatic carbocycles. The number of nitrogens with one attached hydrogen (secondary N) is 2. The number of halogens is 1. The maximum Gasteiger partial charge on any atom is 0.254 e. The van der Waals surface area contributed by atoms with Gasteiger partial charge in [0.25, 0.3) is 5.91 Å². The SMILES string of the molecule is O=C=C1CC[C@H](NC(=O)c2ccc(N3CCC(CO)C3)cc2F)C(=C=O)N1. The average molecular weight is 373 g/mol. The monoisotopic (exact) mass is 373 g/mol. The second-order valence-corrected chi connectivity index (χ2v) is 6.73. The molecule has 7 nitrogen and oxygen atoms in total. The fraction of sp³-hybridized carbons (Fsp3) is 0.421. The van der Waals surface area contributed by atoms with E-state index in [-0.39, 0.29) is 29.5 Å². The summed E-state index contributed by atoms with van der Waals surface area (Å²) >= 11 is 0. The average Bonchev–Trinajstić information content (AvgIpc) is 3.17. The summed E-state index contributed by atoms with van der Waals surface area (Å²) in [5.74, 6) is 2.22. The number of carbonyl (C=O) groups excluding carboxylic acids is 3. The molecule has 2 aliphatic rings. The summed E-state index contributed by atoms with van der Waals surface area (Å²) < 4.78 is 14.5. The third-order valence-electron chi connectivity index (χ3n) is 4.96. The Labute approximate surface area is 155 Å². The zero-order valence-corrected chi connectivity index (χ0v) is 14.6. The number of carbonyl (C=O) groups is 1. The summed E-state index contributed by atoms with van der Waals surface area (Å²) in [5, 5.41) is 14.4. The zero-order chi connectivity index (χ0) is 19.4. The molecule has 1 aromatic carbocycles. The molecular weight excluding hydrogens is 353 g/mol. The molecule has 3 N–H and O–H groups in total.